The number of benzene rings is 1. The summed E-state index contributed by atoms with van der Waals surface area (Å²) in [4.78, 5) is 0. The zero-order valence-corrected chi connectivity index (χ0v) is 11.2. The highest BCUT2D eigenvalue weighted by Crippen LogP contribution is 2.29. The molecule has 90 valence electrons. The first-order chi connectivity index (χ1) is 7.41. The van der Waals surface area contributed by atoms with E-state index in [1.165, 1.54) is 0 Å². The van der Waals surface area contributed by atoms with Gasteiger partial charge < -0.3 is 0 Å². The van der Waals surface area contributed by atoms with Gasteiger partial charge in [-0.15, -0.1) is 11.6 Å². The summed E-state index contributed by atoms with van der Waals surface area (Å²) >= 11 is 6.32. The van der Waals surface area contributed by atoms with E-state index in [1.807, 2.05) is 12.1 Å². The van der Waals surface area contributed by atoms with E-state index in [4.69, 9.17) is 11.6 Å². The molecular weight excluding hydrogens is 223 g/mol. The van der Waals surface area contributed by atoms with Crippen molar-refractivity contribution in [3.05, 3.63) is 34.6 Å². The topological polar surface area (TPSA) is 0 Å². The van der Waals surface area contributed by atoms with Gasteiger partial charge in [-0.25, -0.2) is 4.39 Å². The number of rotatable bonds is 4. The summed E-state index contributed by atoms with van der Waals surface area (Å²) in [6, 6.07) is 3.72. The molecule has 0 radical (unpaired) electrons. The molecule has 0 saturated heterocycles. The van der Waals surface area contributed by atoms with Crippen molar-refractivity contribution in [2.75, 3.05) is 0 Å². The second kappa shape index (κ2) is 5.67. The normalized spacial score (nSPS) is 13.2. The Bertz CT molecular complexity index is 335. The molecule has 0 nitrogen and oxygen atoms in total. The lowest BCUT2D eigenvalue weighted by atomic mass is 9.99. The average Bonchev–Trinajstić information content (AvgIpc) is 2.21. The summed E-state index contributed by atoms with van der Waals surface area (Å²) in [6.07, 6.45) is 2.05. The minimum Gasteiger partial charge on any atom is -0.206 e. The summed E-state index contributed by atoms with van der Waals surface area (Å²) < 4.78 is 13.4. The quantitative estimate of drug-likeness (QED) is 0.640. The van der Waals surface area contributed by atoms with Gasteiger partial charge in [0, 0.05) is 0 Å². The Morgan fingerprint density at radius 3 is 2.06 bits per heavy atom. The average molecular weight is 243 g/mol. The van der Waals surface area contributed by atoms with E-state index in [9.17, 15) is 4.39 Å². The van der Waals surface area contributed by atoms with Crippen LogP contribution in [0.1, 0.15) is 48.8 Å². The molecule has 1 unspecified atom stereocenters. The fourth-order valence-corrected chi connectivity index (χ4v) is 2.06. The second-order valence-electron chi connectivity index (χ2n) is 4.91. The number of hydrogen-bond acceptors (Lipinski definition) is 0. The van der Waals surface area contributed by atoms with Crippen LogP contribution in [0.2, 0.25) is 0 Å². The van der Waals surface area contributed by atoms with Gasteiger partial charge in [0.15, 0.2) is 0 Å². The Labute approximate surface area is 103 Å². The van der Waals surface area contributed by atoms with Crippen molar-refractivity contribution in [3.63, 3.8) is 0 Å². The first kappa shape index (κ1) is 13.5. The SMILES string of the molecule is Cc1cc(C(Cl)CCC(C)C)cc(C)c1F. The van der Waals surface area contributed by atoms with Crippen LogP contribution in [0.5, 0.6) is 0 Å². The largest absolute Gasteiger partial charge is 0.206 e. The van der Waals surface area contributed by atoms with Crippen LogP contribution >= 0.6 is 11.6 Å². The zero-order valence-electron chi connectivity index (χ0n) is 10.5. The van der Waals surface area contributed by atoms with Crippen molar-refractivity contribution < 1.29 is 4.39 Å². The molecule has 0 N–H and O–H groups in total. The van der Waals surface area contributed by atoms with Crippen molar-refractivity contribution in [2.24, 2.45) is 5.92 Å². The first-order valence-electron chi connectivity index (χ1n) is 5.82. The zero-order chi connectivity index (χ0) is 12.3. The molecule has 0 saturated carbocycles. The number of aryl methyl sites for hydroxylation is 2. The van der Waals surface area contributed by atoms with Crippen molar-refractivity contribution in [3.8, 4) is 0 Å². The molecule has 2 heteroatoms. The van der Waals surface area contributed by atoms with E-state index < -0.39 is 0 Å². The molecule has 0 amide bonds. The minimum atomic E-state index is -0.114. The summed E-state index contributed by atoms with van der Waals surface area (Å²) in [7, 11) is 0. The van der Waals surface area contributed by atoms with Crippen LogP contribution in [0.4, 0.5) is 4.39 Å². The summed E-state index contributed by atoms with van der Waals surface area (Å²) in [5, 5.41) is 0.000370. The smallest absolute Gasteiger partial charge is 0.129 e. The molecule has 0 heterocycles. The van der Waals surface area contributed by atoms with E-state index >= 15 is 0 Å². The van der Waals surface area contributed by atoms with Gasteiger partial charge in [0.05, 0.1) is 5.38 Å². The molecule has 0 bridgehead atoms. The van der Waals surface area contributed by atoms with Crippen LogP contribution in [-0.4, -0.2) is 0 Å². The third-order valence-corrected chi connectivity index (χ3v) is 3.29. The highest BCUT2D eigenvalue weighted by atomic mass is 35.5. The third kappa shape index (κ3) is 3.48. The molecule has 0 aliphatic heterocycles. The van der Waals surface area contributed by atoms with Gasteiger partial charge in [-0.2, -0.15) is 0 Å². The van der Waals surface area contributed by atoms with Crippen molar-refractivity contribution in [1.82, 2.24) is 0 Å². The lowest BCUT2D eigenvalue weighted by Gasteiger charge is -2.13. The lowest BCUT2D eigenvalue weighted by Crippen LogP contribution is -1.98. The number of halogens is 2. The Balaban J connectivity index is 2.80. The molecule has 1 aromatic rings. The number of alkyl halides is 1. The van der Waals surface area contributed by atoms with Crippen molar-refractivity contribution >= 4 is 11.6 Å². The number of hydrogen-bond donors (Lipinski definition) is 0. The maximum atomic E-state index is 13.4. The monoisotopic (exact) mass is 242 g/mol. The Hall–Kier alpha value is -0.560. The van der Waals surface area contributed by atoms with Crippen LogP contribution in [0.15, 0.2) is 12.1 Å². The lowest BCUT2D eigenvalue weighted by molar-refractivity contribution is 0.548. The second-order valence-corrected chi connectivity index (χ2v) is 5.43. The molecule has 0 fully saturated rings. The van der Waals surface area contributed by atoms with Gasteiger partial charge in [-0.1, -0.05) is 26.0 Å². The highest BCUT2D eigenvalue weighted by Gasteiger charge is 2.12. The third-order valence-electron chi connectivity index (χ3n) is 2.82. The van der Waals surface area contributed by atoms with Gasteiger partial charge >= 0.3 is 0 Å². The molecule has 0 aliphatic rings. The van der Waals surface area contributed by atoms with Gasteiger partial charge in [0.1, 0.15) is 5.82 Å². The van der Waals surface area contributed by atoms with Crippen LogP contribution in [0, 0.1) is 25.6 Å². The van der Waals surface area contributed by atoms with E-state index in [2.05, 4.69) is 13.8 Å². The molecule has 0 aromatic heterocycles. The summed E-state index contributed by atoms with van der Waals surface area (Å²) in [6.45, 7) is 7.95. The maximum absolute atomic E-state index is 13.4. The van der Waals surface area contributed by atoms with E-state index in [0.29, 0.717) is 17.0 Å². The van der Waals surface area contributed by atoms with E-state index in [0.717, 1.165) is 18.4 Å². The van der Waals surface area contributed by atoms with Gasteiger partial charge in [0.2, 0.25) is 0 Å². The highest BCUT2D eigenvalue weighted by molar-refractivity contribution is 6.20. The molecule has 1 aromatic carbocycles. The molecule has 0 aliphatic carbocycles. The Kier molecular flexibility index (Phi) is 4.79. The van der Waals surface area contributed by atoms with Crippen LogP contribution in [0.25, 0.3) is 0 Å². The standard InChI is InChI=1S/C14H20ClF/c1-9(2)5-6-13(15)12-7-10(3)14(16)11(4)8-12/h7-9,13H,5-6H2,1-4H3. The van der Waals surface area contributed by atoms with Crippen LogP contribution in [0.3, 0.4) is 0 Å². The van der Waals surface area contributed by atoms with Crippen LogP contribution in [-0.2, 0) is 0 Å². The predicted octanol–water partition coefficient (Wildman–Crippen LogP) is 5.16. The Morgan fingerprint density at radius 2 is 1.62 bits per heavy atom. The fraction of sp³-hybridized carbons (Fsp3) is 0.571. The summed E-state index contributed by atoms with van der Waals surface area (Å²) in [5.74, 6) is 0.542. The van der Waals surface area contributed by atoms with Gasteiger partial charge in [0.25, 0.3) is 0 Å². The van der Waals surface area contributed by atoms with Gasteiger partial charge in [-0.05, 0) is 49.3 Å². The predicted molar refractivity (Wildman–Crippen MR) is 68.5 cm³/mol. The molecule has 1 rings (SSSR count). The Morgan fingerprint density at radius 1 is 1.12 bits per heavy atom. The van der Waals surface area contributed by atoms with Crippen LogP contribution < -0.4 is 0 Å². The molecule has 16 heavy (non-hydrogen) atoms. The maximum Gasteiger partial charge on any atom is 0.129 e. The van der Waals surface area contributed by atoms with E-state index in [-0.39, 0.29) is 11.2 Å². The molecule has 0 spiro atoms. The first-order valence-corrected chi connectivity index (χ1v) is 6.26. The van der Waals surface area contributed by atoms with E-state index in [1.54, 1.807) is 13.8 Å². The van der Waals surface area contributed by atoms with Gasteiger partial charge in [-0.3, -0.25) is 0 Å². The van der Waals surface area contributed by atoms with Crippen molar-refractivity contribution in [2.45, 2.75) is 45.9 Å². The van der Waals surface area contributed by atoms with Crippen molar-refractivity contribution in [1.29, 1.82) is 0 Å². The molecule has 1 atom stereocenters. The minimum absolute atomic E-state index is 0.000370. The summed E-state index contributed by atoms with van der Waals surface area (Å²) in [5.41, 5.74) is 2.41. The molecular formula is C14H20ClF. The fourth-order valence-electron chi connectivity index (χ4n) is 1.81.